The molecule has 0 amide bonds. The number of phenols is 1. The van der Waals surface area contributed by atoms with Crippen LogP contribution >= 0.6 is 11.3 Å². The molecule has 4 heteroatoms. The summed E-state index contributed by atoms with van der Waals surface area (Å²) in [6.45, 7) is 0. The van der Waals surface area contributed by atoms with Gasteiger partial charge in [-0.1, -0.05) is 0 Å². The third-order valence-corrected chi connectivity index (χ3v) is 2.94. The molecule has 3 aromatic rings. The van der Waals surface area contributed by atoms with Crippen molar-refractivity contribution in [3.05, 3.63) is 35.0 Å². The lowest BCUT2D eigenvalue weighted by molar-refractivity contribution is 0.476. The standard InChI is InChI=1S/C11H8N2OS/c14-8-1-2-9-10(5-8)13-11(12-9)7-3-4-15-6-7/h1-6,14H,(H,12,13). The topological polar surface area (TPSA) is 48.9 Å². The summed E-state index contributed by atoms with van der Waals surface area (Å²) < 4.78 is 0. The second-order valence-electron chi connectivity index (χ2n) is 3.30. The third kappa shape index (κ3) is 1.39. The van der Waals surface area contributed by atoms with Crippen LogP contribution in [0.3, 0.4) is 0 Å². The van der Waals surface area contributed by atoms with Crippen molar-refractivity contribution < 1.29 is 5.11 Å². The highest BCUT2D eigenvalue weighted by Crippen LogP contribution is 2.24. The number of aromatic hydroxyl groups is 1. The zero-order chi connectivity index (χ0) is 10.3. The molecule has 0 spiro atoms. The van der Waals surface area contributed by atoms with Gasteiger partial charge in [0.25, 0.3) is 0 Å². The zero-order valence-corrected chi connectivity index (χ0v) is 8.58. The van der Waals surface area contributed by atoms with Gasteiger partial charge in [-0.15, -0.1) is 0 Å². The maximum absolute atomic E-state index is 9.32. The molecule has 0 unspecified atom stereocenters. The quantitative estimate of drug-likeness (QED) is 0.657. The van der Waals surface area contributed by atoms with Gasteiger partial charge in [0.15, 0.2) is 0 Å². The van der Waals surface area contributed by atoms with Crippen molar-refractivity contribution in [2.45, 2.75) is 0 Å². The number of nitrogens with zero attached hydrogens (tertiary/aromatic N) is 1. The van der Waals surface area contributed by atoms with Crippen molar-refractivity contribution >= 4 is 22.4 Å². The number of aromatic amines is 1. The van der Waals surface area contributed by atoms with Crippen LogP contribution in [-0.2, 0) is 0 Å². The number of fused-ring (bicyclic) bond motifs is 1. The second-order valence-corrected chi connectivity index (χ2v) is 4.08. The highest BCUT2D eigenvalue weighted by Gasteiger charge is 2.05. The Balaban J connectivity index is 2.22. The van der Waals surface area contributed by atoms with E-state index in [9.17, 15) is 5.11 Å². The average molecular weight is 216 g/mol. The van der Waals surface area contributed by atoms with Crippen molar-refractivity contribution in [3.8, 4) is 17.1 Å². The highest BCUT2D eigenvalue weighted by atomic mass is 32.1. The third-order valence-electron chi connectivity index (χ3n) is 2.26. The molecule has 0 aliphatic rings. The number of phenolic OH excluding ortho intramolecular Hbond substituents is 1. The number of benzene rings is 1. The summed E-state index contributed by atoms with van der Waals surface area (Å²) in [4.78, 5) is 7.61. The van der Waals surface area contributed by atoms with E-state index in [-0.39, 0.29) is 5.75 Å². The summed E-state index contributed by atoms with van der Waals surface area (Å²) in [6.07, 6.45) is 0. The molecule has 0 radical (unpaired) electrons. The molecule has 74 valence electrons. The Labute approximate surface area is 90.0 Å². The van der Waals surface area contributed by atoms with Gasteiger partial charge in [0, 0.05) is 17.0 Å². The Hall–Kier alpha value is -1.81. The number of rotatable bonds is 1. The van der Waals surface area contributed by atoms with Crippen LogP contribution in [0.15, 0.2) is 35.0 Å². The van der Waals surface area contributed by atoms with Crippen LogP contribution in [0.5, 0.6) is 5.75 Å². The number of thiophene rings is 1. The summed E-state index contributed by atoms with van der Waals surface area (Å²) in [7, 11) is 0. The van der Waals surface area contributed by atoms with E-state index >= 15 is 0 Å². The normalized spacial score (nSPS) is 10.9. The van der Waals surface area contributed by atoms with Gasteiger partial charge < -0.3 is 10.1 Å². The predicted molar refractivity (Wildman–Crippen MR) is 61.1 cm³/mol. The number of H-pyrrole nitrogens is 1. The van der Waals surface area contributed by atoms with Gasteiger partial charge in [-0.3, -0.25) is 0 Å². The van der Waals surface area contributed by atoms with E-state index in [1.165, 1.54) is 0 Å². The molecule has 0 atom stereocenters. The number of hydrogen-bond acceptors (Lipinski definition) is 3. The molecular formula is C11H8N2OS. The lowest BCUT2D eigenvalue weighted by Crippen LogP contribution is -1.73. The van der Waals surface area contributed by atoms with Gasteiger partial charge in [0.1, 0.15) is 11.6 Å². The van der Waals surface area contributed by atoms with Crippen LogP contribution in [-0.4, -0.2) is 15.1 Å². The van der Waals surface area contributed by atoms with E-state index in [0.717, 1.165) is 22.4 Å². The lowest BCUT2D eigenvalue weighted by Gasteiger charge is -1.88. The smallest absolute Gasteiger partial charge is 0.139 e. The molecular weight excluding hydrogens is 208 g/mol. The number of aromatic nitrogens is 2. The van der Waals surface area contributed by atoms with Gasteiger partial charge in [0.2, 0.25) is 0 Å². The fraction of sp³-hybridized carbons (Fsp3) is 0. The molecule has 0 aliphatic carbocycles. The summed E-state index contributed by atoms with van der Waals surface area (Å²) in [5.41, 5.74) is 2.81. The first-order valence-corrected chi connectivity index (χ1v) is 5.48. The lowest BCUT2D eigenvalue weighted by atomic mass is 10.3. The maximum atomic E-state index is 9.32. The molecule has 0 fully saturated rings. The van der Waals surface area contributed by atoms with Gasteiger partial charge in [-0.25, -0.2) is 4.98 Å². The van der Waals surface area contributed by atoms with Crippen LogP contribution in [0.4, 0.5) is 0 Å². The number of imidazole rings is 1. The molecule has 3 nitrogen and oxygen atoms in total. The first kappa shape index (κ1) is 8.49. The average Bonchev–Trinajstić information content (AvgIpc) is 2.84. The SMILES string of the molecule is Oc1ccc2nc(-c3ccsc3)[nH]c2c1. The van der Waals surface area contributed by atoms with E-state index < -0.39 is 0 Å². The largest absolute Gasteiger partial charge is 0.508 e. The van der Waals surface area contributed by atoms with E-state index in [2.05, 4.69) is 9.97 Å². The molecule has 0 saturated carbocycles. The minimum absolute atomic E-state index is 0.253. The Bertz CT molecular complexity index is 598. The Morgan fingerprint density at radius 3 is 3.00 bits per heavy atom. The van der Waals surface area contributed by atoms with Crippen LogP contribution in [0.25, 0.3) is 22.4 Å². The van der Waals surface area contributed by atoms with E-state index in [0.29, 0.717) is 0 Å². The predicted octanol–water partition coefficient (Wildman–Crippen LogP) is 3.00. The van der Waals surface area contributed by atoms with Crippen molar-refractivity contribution in [2.24, 2.45) is 0 Å². The highest BCUT2D eigenvalue weighted by molar-refractivity contribution is 7.08. The van der Waals surface area contributed by atoms with Crippen molar-refractivity contribution in [3.63, 3.8) is 0 Å². The van der Waals surface area contributed by atoms with Crippen LogP contribution in [0, 0.1) is 0 Å². The first-order chi connectivity index (χ1) is 7.33. The minimum atomic E-state index is 0.253. The van der Waals surface area contributed by atoms with Gasteiger partial charge >= 0.3 is 0 Å². The number of hydrogen-bond donors (Lipinski definition) is 2. The van der Waals surface area contributed by atoms with E-state index in [1.54, 1.807) is 29.5 Å². The molecule has 2 aromatic heterocycles. The summed E-state index contributed by atoms with van der Waals surface area (Å²) >= 11 is 1.64. The maximum Gasteiger partial charge on any atom is 0.139 e. The first-order valence-electron chi connectivity index (χ1n) is 4.54. The Kier molecular flexibility index (Phi) is 1.76. The van der Waals surface area contributed by atoms with Gasteiger partial charge in [-0.05, 0) is 23.6 Å². The molecule has 0 aliphatic heterocycles. The zero-order valence-electron chi connectivity index (χ0n) is 7.77. The van der Waals surface area contributed by atoms with Crippen LogP contribution in [0.1, 0.15) is 0 Å². The molecule has 2 N–H and O–H groups in total. The van der Waals surface area contributed by atoms with Crippen LogP contribution < -0.4 is 0 Å². The van der Waals surface area contributed by atoms with E-state index in [4.69, 9.17) is 0 Å². The molecule has 3 rings (SSSR count). The van der Waals surface area contributed by atoms with E-state index in [1.807, 2.05) is 16.8 Å². The fourth-order valence-electron chi connectivity index (χ4n) is 1.53. The number of nitrogens with one attached hydrogen (secondary N) is 1. The summed E-state index contributed by atoms with van der Waals surface area (Å²) in [6, 6.07) is 7.14. The monoisotopic (exact) mass is 216 g/mol. The molecule has 0 bridgehead atoms. The Morgan fingerprint density at radius 1 is 1.27 bits per heavy atom. The molecule has 1 aromatic carbocycles. The van der Waals surface area contributed by atoms with Gasteiger partial charge in [-0.2, -0.15) is 11.3 Å². The Morgan fingerprint density at radius 2 is 2.20 bits per heavy atom. The summed E-state index contributed by atoms with van der Waals surface area (Å²) in [5.74, 6) is 1.10. The van der Waals surface area contributed by atoms with Crippen LogP contribution in [0.2, 0.25) is 0 Å². The van der Waals surface area contributed by atoms with Crippen molar-refractivity contribution in [2.75, 3.05) is 0 Å². The molecule has 0 saturated heterocycles. The second kappa shape index (κ2) is 3.10. The van der Waals surface area contributed by atoms with Crippen molar-refractivity contribution in [1.29, 1.82) is 0 Å². The molecule has 2 heterocycles. The van der Waals surface area contributed by atoms with Crippen molar-refractivity contribution in [1.82, 2.24) is 9.97 Å². The summed E-state index contributed by atoms with van der Waals surface area (Å²) in [5, 5.41) is 13.4. The molecule has 15 heavy (non-hydrogen) atoms. The van der Waals surface area contributed by atoms with Gasteiger partial charge in [0.05, 0.1) is 11.0 Å². The fourth-order valence-corrected chi connectivity index (χ4v) is 2.17. The minimum Gasteiger partial charge on any atom is -0.508 e.